The van der Waals surface area contributed by atoms with Crippen molar-refractivity contribution in [2.45, 2.75) is 170 Å². The summed E-state index contributed by atoms with van der Waals surface area (Å²) in [6.45, 7) is 28.2. The van der Waals surface area contributed by atoms with Gasteiger partial charge >= 0.3 is 35.8 Å². The van der Waals surface area contributed by atoms with Crippen molar-refractivity contribution in [2.24, 2.45) is 0 Å². The molecule has 336 valence electrons. The molecule has 0 aromatic rings. The van der Waals surface area contributed by atoms with E-state index in [9.17, 15) is 33.9 Å². The quantitative estimate of drug-likeness (QED) is 0.193. The van der Waals surface area contributed by atoms with Gasteiger partial charge in [-0.25, -0.2) is 0 Å². The summed E-state index contributed by atoms with van der Waals surface area (Å²) in [6.07, 6.45) is -0.269. The van der Waals surface area contributed by atoms with Gasteiger partial charge in [0.2, 0.25) is 0 Å². The van der Waals surface area contributed by atoms with Gasteiger partial charge in [0.05, 0.1) is 13.1 Å². The number of ether oxygens (including phenoxy) is 5. The van der Waals surface area contributed by atoms with Gasteiger partial charge in [0, 0.05) is 65.2 Å². The van der Waals surface area contributed by atoms with Gasteiger partial charge in [-0.15, -0.1) is 0 Å². The molecule has 0 aromatic carbocycles. The number of nitrogens with zero attached hydrogens (tertiary/aromatic N) is 4. The highest BCUT2D eigenvalue weighted by Gasteiger charge is 2.35. The minimum Gasteiger partial charge on any atom is -0.481 e. The number of carboxylic acid groups (broad SMARTS) is 1. The fraction of sp³-hybridized carbons (Fsp3) is 0.857. The number of carboxylic acids is 1. The van der Waals surface area contributed by atoms with Gasteiger partial charge in [0.15, 0.2) is 0 Å². The lowest BCUT2D eigenvalue weighted by Gasteiger charge is -2.38. The minimum atomic E-state index is -1.06. The Morgan fingerprint density at radius 2 is 0.707 bits per heavy atom. The average molecular weight is 829 g/mol. The topological polar surface area (TPSA) is 182 Å². The standard InChI is InChI=1S/C42H76N4O12/c1-38(2,3)54-33(49)19-17-31(37(53)58-42(13,14)15)46-26-22-43(28-34(50)55-39(4,5)6)20-24-45(30(16-18-32(47)48)36(52)57-41(10,11)12)25-21-44(23-27-46)29-35(51)56-40(7,8)9/h30-31H,16-29H2,1-15H3,(H,47,48). The van der Waals surface area contributed by atoms with Crippen LogP contribution in [-0.2, 0) is 52.5 Å². The van der Waals surface area contributed by atoms with Crippen molar-refractivity contribution in [3.05, 3.63) is 0 Å². The Bertz CT molecular complexity index is 1320. The molecule has 2 unspecified atom stereocenters. The second-order valence-corrected chi connectivity index (χ2v) is 20.0. The van der Waals surface area contributed by atoms with E-state index in [-0.39, 0.29) is 91.1 Å². The van der Waals surface area contributed by atoms with Crippen molar-refractivity contribution < 1.29 is 57.6 Å². The van der Waals surface area contributed by atoms with E-state index in [4.69, 9.17) is 23.7 Å². The summed E-state index contributed by atoms with van der Waals surface area (Å²) in [4.78, 5) is 86.5. The van der Waals surface area contributed by atoms with E-state index in [1.165, 1.54) is 0 Å². The Labute approximate surface area is 347 Å². The molecule has 1 heterocycles. The minimum absolute atomic E-state index is 0.0224. The van der Waals surface area contributed by atoms with Gasteiger partial charge in [0.25, 0.3) is 0 Å². The van der Waals surface area contributed by atoms with Crippen LogP contribution in [0.2, 0.25) is 0 Å². The number of aliphatic carboxylic acids is 1. The van der Waals surface area contributed by atoms with Crippen molar-refractivity contribution >= 4 is 35.8 Å². The van der Waals surface area contributed by atoms with Crippen LogP contribution >= 0.6 is 0 Å². The Hall–Kier alpha value is -3.34. The monoisotopic (exact) mass is 829 g/mol. The smallest absolute Gasteiger partial charge is 0.323 e. The molecule has 16 nitrogen and oxygen atoms in total. The molecular weight excluding hydrogens is 752 g/mol. The first-order valence-corrected chi connectivity index (χ1v) is 20.5. The Balaban J connectivity index is 3.80. The first-order chi connectivity index (χ1) is 26.2. The first-order valence-electron chi connectivity index (χ1n) is 20.5. The largest absolute Gasteiger partial charge is 0.481 e. The maximum atomic E-state index is 14.0. The highest BCUT2D eigenvalue weighted by molar-refractivity contribution is 5.78. The highest BCUT2D eigenvalue weighted by Crippen LogP contribution is 2.20. The van der Waals surface area contributed by atoms with Crippen LogP contribution in [0.5, 0.6) is 0 Å². The second-order valence-electron chi connectivity index (χ2n) is 20.0. The van der Waals surface area contributed by atoms with E-state index in [1.807, 2.05) is 19.6 Å². The molecule has 1 fully saturated rings. The number of carbonyl (C=O) groups excluding carboxylic acids is 5. The summed E-state index contributed by atoms with van der Waals surface area (Å²) in [5, 5.41) is 9.63. The molecule has 0 aliphatic carbocycles. The van der Waals surface area contributed by atoms with E-state index in [1.54, 1.807) is 104 Å². The highest BCUT2D eigenvalue weighted by atomic mass is 16.6. The molecule has 1 rings (SSSR count). The van der Waals surface area contributed by atoms with Crippen LogP contribution in [0.1, 0.15) is 130 Å². The summed E-state index contributed by atoms with van der Waals surface area (Å²) in [5.74, 6) is -3.56. The van der Waals surface area contributed by atoms with Crippen LogP contribution in [0, 0.1) is 0 Å². The van der Waals surface area contributed by atoms with E-state index in [0.29, 0.717) is 0 Å². The molecule has 0 aromatic heterocycles. The number of carbonyl (C=O) groups is 6. The zero-order chi connectivity index (χ0) is 44.9. The van der Waals surface area contributed by atoms with Gasteiger partial charge in [-0.2, -0.15) is 0 Å². The van der Waals surface area contributed by atoms with Crippen molar-refractivity contribution in [1.29, 1.82) is 0 Å². The number of rotatable bonds is 14. The predicted octanol–water partition coefficient (Wildman–Crippen LogP) is 4.30. The molecule has 0 saturated carbocycles. The Kier molecular flexibility index (Phi) is 20.3. The van der Waals surface area contributed by atoms with Gasteiger partial charge in [-0.3, -0.25) is 48.4 Å². The lowest BCUT2D eigenvalue weighted by atomic mass is 10.1. The summed E-state index contributed by atoms with van der Waals surface area (Å²) in [7, 11) is 0. The van der Waals surface area contributed by atoms with Crippen LogP contribution in [0.3, 0.4) is 0 Å². The second kappa shape index (κ2) is 22.3. The molecule has 58 heavy (non-hydrogen) atoms. The van der Waals surface area contributed by atoms with Gasteiger partial charge in [-0.1, -0.05) is 0 Å². The normalized spacial score (nSPS) is 17.8. The number of hydrogen-bond donors (Lipinski definition) is 1. The van der Waals surface area contributed by atoms with Crippen molar-refractivity contribution in [3.8, 4) is 0 Å². The molecule has 1 saturated heterocycles. The zero-order valence-corrected chi connectivity index (χ0v) is 38.3. The predicted molar refractivity (Wildman–Crippen MR) is 219 cm³/mol. The molecule has 16 heteroatoms. The third kappa shape index (κ3) is 24.6. The van der Waals surface area contributed by atoms with Crippen molar-refractivity contribution in [3.63, 3.8) is 0 Å². The number of esters is 5. The third-order valence-corrected chi connectivity index (χ3v) is 8.27. The summed E-state index contributed by atoms with van der Waals surface area (Å²) in [6, 6.07) is -1.82. The third-order valence-electron chi connectivity index (χ3n) is 8.27. The average Bonchev–Trinajstić information content (AvgIpc) is 2.96. The Morgan fingerprint density at radius 3 is 0.983 bits per heavy atom. The van der Waals surface area contributed by atoms with E-state index < -0.39 is 75.9 Å². The van der Waals surface area contributed by atoms with Crippen molar-refractivity contribution in [1.82, 2.24) is 19.6 Å². The summed E-state index contributed by atoms with van der Waals surface area (Å²) in [5.41, 5.74) is -3.88. The molecular formula is C42H76N4O12. The van der Waals surface area contributed by atoms with Crippen LogP contribution in [0.4, 0.5) is 0 Å². The van der Waals surface area contributed by atoms with Crippen LogP contribution in [0.25, 0.3) is 0 Å². The fourth-order valence-electron chi connectivity index (χ4n) is 6.12. The van der Waals surface area contributed by atoms with Crippen LogP contribution in [0.15, 0.2) is 0 Å². The van der Waals surface area contributed by atoms with Gasteiger partial charge < -0.3 is 28.8 Å². The van der Waals surface area contributed by atoms with Crippen LogP contribution in [-0.4, -0.2) is 166 Å². The molecule has 1 aliphatic heterocycles. The molecule has 0 amide bonds. The number of hydrogen-bond acceptors (Lipinski definition) is 15. The van der Waals surface area contributed by atoms with E-state index in [0.717, 1.165) is 0 Å². The molecule has 1 aliphatic rings. The SMILES string of the molecule is CC(C)(C)OC(=O)CCC(C(=O)OC(C)(C)C)N1CCN(CC(=O)OC(C)(C)C)CCN(C(CCC(=O)O)C(=O)OC(C)(C)C)CCN(CC(=O)OC(C)(C)C)CC1. The van der Waals surface area contributed by atoms with Gasteiger partial charge in [-0.05, 0) is 117 Å². The van der Waals surface area contributed by atoms with Crippen molar-refractivity contribution in [2.75, 3.05) is 65.4 Å². The lowest BCUT2D eigenvalue weighted by Crippen LogP contribution is -2.54. The molecule has 0 bridgehead atoms. The first kappa shape index (κ1) is 52.7. The van der Waals surface area contributed by atoms with E-state index >= 15 is 0 Å². The maximum absolute atomic E-state index is 14.0. The maximum Gasteiger partial charge on any atom is 0.323 e. The lowest BCUT2D eigenvalue weighted by molar-refractivity contribution is -0.164. The zero-order valence-electron chi connectivity index (χ0n) is 38.3. The van der Waals surface area contributed by atoms with Gasteiger partial charge in [0.1, 0.15) is 40.1 Å². The fourth-order valence-corrected chi connectivity index (χ4v) is 6.12. The molecule has 0 radical (unpaired) electrons. The summed E-state index contributed by atoms with van der Waals surface area (Å²) >= 11 is 0. The molecule has 1 N–H and O–H groups in total. The Morgan fingerprint density at radius 1 is 0.431 bits per heavy atom. The van der Waals surface area contributed by atoms with E-state index in [2.05, 4.69) is 0 Å². The molecule has 0 spiro atoms. The summed E-state index contributed by atoms with van der Waals surface area (Å²) < 4.78 is 28.6. The molecule has 2 atom stereocenters. The van der Waals surface area contributed by atoms with Crippen LogP contribution < -0.4 is 0 Å².